The maximum absolute atomic E-state index is 11.1. The van der Waals surface area contributed by atoms with Gasteiger partial charge in [-0.3, -0.25) is 0 Å². The molecule has 0 saturated heterocycles. The fourth-order valence-corrected chi connectivity index (χ4v) is 1.65. The molecule has 0 unspecified atom stereocenters. The van der Waals surface area contributed by atoms with Gasteiger partial charge in [0.1, 0.15) is 0 Å². The molecule has 0 aliphatic rings. The van der Waals surface area contributed by atoms with E-state index in [2.05, 4.69) is 4.76 Å². The zero-order valence-corrected chi connectivity index (χ0v) is 8.36. The molecule has 0 saturated carbocycles. The Balaban J connectivity index is 3.14. The lowest BCUT2D eigenvalue weighted by Crippen LogP contribution is -2.36. The molecular weight excluding hydrogens is 205 g/mol. The van der Waals surface area contributed by atoms with Gasteiger partial charge in [-0.15, -0.1) is 0 Å². The van der Waals surface area contributed by atoms with E-state index in [0.29, 0.717) is 5.46 Å². The van der Waals surface area contributed by atoms with Crippen LogP contribution in [0, 0.1) is 0 Å². The maximum Gasteiger partial charge on any atom is 0.508 e. The van der Waals surface area contributed by atoms with Crippen LogP contribution in [0.3, 0.4) is 0 Å². The third-order valence-electron chi connectivity index (χ3n) is 1.70. The summed E-state index contributed by atoms with van der Waals surface area (Å²) < 4.78 is 26.4. The molecule has 0 aliphatic heterocycles. The largest absolute Gasteiger partial charge is 0.508 e. The fraction of sp³-hybridized carbons (Fsp3) is 0.143. The summed E-state index contributed by atoms with van der Waals surface area (Å²) in [6.07, 6.45) is 1.09. The second-order valence-electron chi connectivity index (χ2n) is 2.83. The SMILES string of the molecule is CS(=O)(=O)c1cccc(B(O)ON)c1. The molecule has 3 N–H and O–H groups in total. The average molecular weight is 215 g/mol. The van der Waals surface area contributed by atoms with Gasteiger partial charge in [-0.25, -0.2) is 14.3 Å². The van der Waals surface area contributed by atoms with Gasteiger partial charge in [0, 0.05) is 6.26 Å². The third-order valence-corrected chi connectivity index (χ3v) is 2.81. The quantitative estimate of drug-likeness (QED) is 0.481. The van der Waals surface area contributed by atoms with E-state index >= 15 is 0 Å². The first-order valence-electron chi connectivity index (χ1n) is 3.79. The predicted octanol–water partition coefficient (Wildman–Crippen LogP) is -1.33. The summed E-state index contributed by atoms with van der Waals surface area (Å²) >= 11 is 0. The lowest BCUT2D eigenvalue weighted by molar-refractivity contribution is 0.281. The lowest BCUT2D eigenvalue weighted by Gasteiger charge is -2.04. The summed E-state index contributed by atoms with van der Waals surface area (Å²) in [5.41, 5.74) is 0.301. The van der Waals surface area contributed by atoms with Crippen molar-refractivity contribution < 1.29 is 18.2 Å². The van der Waals surface area contributed by atoms with Gasteiger partial charge in [-0.2, -0.15) is 0 Å². The maximum atomic E-state index is 11.1. The van der Waals surface area contributed by atoms with Crippen LogP contribution in [0.25, 0.3) is 0 Å². The number of rotatable bonds is 3. The van der Waals surface area contributed by atoms with Gasteiger partial charge in [-0.05, 0) is 17.6 Å². The minimum atomic E-state index is -3.27. The van der Waals surface area contributed by atoms with E-state index in [0.717, 1.165) is 6.26 Å². The van der Waals surface area contributed by atoms with Crippen LogP contribution in [0.15, 0.2) is 29.2 Å². The van der Waals surface area contributed by atoms with Crippen molar-refractivity contribution in [2.75, 3.05) is 6.26 Å². The second-order valence-corrected chi connectivity index (χ2v) is 4.85. The van der Waals surface area contributed by atoms with Crippen molar-refractivity contribution in [3.63, 3.8) is 0 Å². The highest BCUT2D eigenvalue weighted by molar-refractivity contribution is 7.90. The highest BCUT2D eigenvalue weighted by Gasteiger charge is 2.17. The summed E-state index contributed by atoms with van der Waals surface area (Å²) in [5, 5.41) is 9.18. The topological polar surface area (TPSA) is 89.6 Å². The molecule has 0 spiro atoms. The van der Waals surface area contributed by atoms with Crippen molar-refractivity contribution in [2.45, 2.75) is 4.90 Å². The Hall–Kier alpha value is -0.885. The van der Waals surface area contributed by atoms with Crippen LogP contribution >= 0.6 is 0 Å². The van der Waals surface area contributed by atoms with Gasteiger partial charge < -0.3 is 9.78 Å². The number of hydrogen-bond acceptors (Lipinski definition) is 5. The highest BCUT2D eigenvalue weighted by Crippen LogP contribution is 2.05. The number of nitrogens with two attached hydrogens (primary N) is 1. The van der Waals surface area contributed by atoms with E-state index in [1.807, 2.05) is 0 Å². The molecule has 76 valence electrons. The van der Waals surface area contributed by atoms with E-state index < -0.39 is 17.0 Å². The first kappa shape index (κ1) is 11.2. The number of benzene rings is 1. The summed E-state index contributed by atoms with van der Waals surface area (Å²) in [6.45, 7) is 0. The van der Waals surface area contributed by atoms with Crippen LogP contribution in [0.4, 0.5) is 0 Å². The molecule has 7 heteroatoms. The smallest absolute Gasteiger partial charge is 0.422 e. The van der Waals surface area contributed by atoms with Crippen LogP contribution in [-0.2, 0) is 14.6 Å². The van der Waals surface area contributed by atoms with Crippen LogP contribution in [0.5, 0.6) is 0 Å². The van der Waals surface area contributed by atoms with Crippen molar-refractivity contribution >= 4 is 22.4 Å². The monoisotopic (exact) mass is 215 g/mol. The van der Waals surface area contributed by atoms with Crippen molar-refractivity contribution in [1.29, 1.82) is 0 Å². The molecule has 1 aromatic rings. The summed E-state index contributed by atoms with van der Waals surface area (Å²) in [4.78, 5) is 0.117. The Morgan fingerprint density at radius 3 is 2.64 bits per heavy atom. The zero-order valence-electron chi connectivity index (χ0n) is 7.54. The molecule has 5 nitrogen and oxygen atoms in total. The molecule has 0 radical (unpaired) electrons. The summed E-state index contributed by atoms with van der Waals surface area (Å²) in [6, 6.07) is 5.77. The van der Waals surface area contributed by atoms with Gasteiger partial charge in [0.25, 0.3) is 0 Å². The zero-order chi connectivity index (χ0) is 10.8. The van der Waals surface area contributed by atoms with E-state index in [1.165, 1.54) is 24.3 Å². The fourth-order valence-electron chi connectivity index (χ4n) is 0.977. The van der Waals surface area contributed by atoms with Gasteiger partial charge in [0.15, 0.2) is 9.84 Å². The van der Waals surface area contributed by atoms with E-state index in [-0.39, 0.29) is 4.90 Å². The molecule has 0 amide bonds. The molecular formula is C7H10BNO4S. The number of sulfone groups is 1. The van der Waals surface area contributed by atoms with Crippen molar-refractivity contribution in [3.8, 4) is 0 Å². The lowest BCUT2D eigenvalue weighted by atomic mass is 9.80. The van der Waals surface area contributed by atoms with Crippen LogP contribution in [-0.4, -0.2) is 26.8 Å². The number of hydrogen-bond donors (Lipinski definition) is 2. The van der Waals surface area contributed by atoms with Crippen LogP contribution in [0.2, 0.25) is 0 Å². The van der Waals surface area contributed by atoms with Gasteiger partial charge in [-0.1, -0.05) is 12.1 Å². The molecule has 1 aromatic carbocycles. The summed E-state index contributed by atoms with van der Waals surface area (Å²) in [7, 11) is -4.58. The van der Waals surface area contributed by atoms with Crippen molar-refractivity contribution in [3.05, 3.63) is 24.3 Å². The van der Waals surface area contributed by atoms with E-state index in [9.17, 15) is 13.4 Å². The first-order chi connectivity index (χ1) is 6.45. The molecule has 0 heterocycles. The Morgan fingerprint density at radius 2 is 2.14 bits per heavy atom. The van der Waals surface area contributed by atoms with Gasteiger partial charge >= 0.3 is 7.12 Å². The van der Waals surface area contributed by atoms with Crippen LogP contribution in [0.1, 0.15) is 0 Å². The minimum Gasteiger partial charge on any atom is -0.422 e. The molecule has 0 bridgehead atoms. The minimum absolute atomic E-state index is 0.117. The molecule has 1 rings (SSSR count). The average Bonchev–Trinajstić information content (AvgIpc) is 2.15. The molecule has 0 aliphatic carbocycles. The first-order valence-corrected chi connectivity index (χ1v) is 5.68. The Labute approximate surface area is 82.5 Å². The summed E-state index contributed by atoms with van der Waals surface area (Å²) in [5.74, 6) is 4.76. The Bertz CT molecular complexity index is 419. The molecule has 0 atom stereocenters. The van der Waals surface area contributed by atoms with E-state index in [4.69, 9.17) is 5.90 Å². The molecule has 0 aromatic heterocycles. The molecule has 0 fully saturated rings. The predicted molar refractivity (Wildman–Crippen MR) is 52.4 cm³/mol. The third kappa shape index (κ3) is 2.55. The Kier molecular flexibility index (Phi) is 3.27. The Morgan fingerprint density at radius 1 is 1.50 bits per heavy atom. The van der Waals surface area contributed by atoms with E-state index in [1.54, 1.807) is 0 Å². The van der Waals surface area contributed by atoms with Gasteiger partial charge in [0.05, 0.1) is 4.90 Å². The standard InChI is InChI=1S/C7H10BNO4S/c1-14(11,12)7-4-2-3-6(5-7)8(10)13-9/h2-5,10H,9H2,1H3. The normalized spacial score (nSPS) is 11.4. The van der Waals surface area contributed by atoms with Crippen molar-refractivity contribution in [1.82, 2.24) is 0 Å². The van der Waals surface area contributed by atoms with Gasteiger partial charge in [0.2, 0.25) is 0 Å². The van der Waals surface area contributed by atoms with Crippen molar-refractivity contribution in [2.24, 2.45) is 5.90 Å². The van der Waals surface area contributed by atoms with Crippen LogP contribution < -0.4 is 11.4 Å². The highest BCUT2D eigenvalue weighted by atomic mass is 32.2. The second kappa shape index (κ2) is 4.10. The molecule has 14 heavy (non-hydrogen) atoms.